The number of carbonyl (C=O) groups is 1. The van der Waals surface area contributed by atoms with E-state index in [9.17, 15) is 4.79 Å². The van der Waals surface area contributed by atoms with Crippen LogP contribution in [0.5, 0.6) is 0 Å². The molecule has 0 bridgehead atoms. The number of piperidine rings is 1. The molecule has 0 atom stereocenters. The van der Waals surface area contributed by atoms with E-state index in [1.165, 1.54) is 0 Å². The molecular weight excluding hydrogens is 204 g/mol. The van der Waals surface area contributed by atoms with Gasteiger partial charge in [-0.3, -0.25) is 9.89 Å². The van der Waals surface area contributed by atoms with Crippen LogP contribution in [0.2, 0.25) is 0 Å². The Bertz CT molecular complexity index is 328. The Morgan fingerprint density at radius 2 is 2.31 bits per heavy atom. The molecule has 0 aromatic carbocycles. The van der Waals surface area contributed by atoms with Gasteiger partial charge in [-0.1, -0.05) is 0 Å². The zero-order chi connectivity index (χ0) is 11.4. The maximum Gasteiger partial charge on any atom is 0.271 e. The summed E-state index contributed by atoms with van der Waals surface area (Å²) in [6, 6.07) is 1.72. The number of rotatable bonds is 3. The van der Waals surface area contributed by atoms with Crippen LogP contribution in [0, 0.1) is 5.92 Å². The number of hydrogen-bond acceptors (Lipinski definition) is 3. The van der Waals surface area contributed by atoms with Crippen molar-refractivity contribution in [1.29, 1.82) is 0 Å². The summed E-state index contributed by atoms with van der Waals surface area (Å²) in [6.45, 7) is 2.42. The van der Waals surface area contributed by atoms with E-state index in [2.05, 4.69) is 10.2 Å². The lowest BCUT2D eigenvalue weighted by atomic mass is 9.93. The van der Waals surface area contributed by atoms with E-state index in [1.807, 2.05) is 4.90 Å². The Kier molecular flexibility index (Phi) is 3.56. The van der Waals surface area contributed by atoms with Gasteiger partial charge >= 0.3 is 0 Å². The number of aromatic nitrogens is 2. The van der Waals surface area contributed by atoms with Gasteiger partial charge in [0.15, 0.2) is 0 Å². The summed E-state index contributed by atoms with van der Waals surface area (Å²) in [6.07, 6.45) is 4.81. The van der Waals surface area contributed by atoms with Crippen LogP contribution < -0.4 is 5.73 Å². The molecule has 1 aromatic heterocycles. The lowest BCUT2D eigenvalue weighted by molar-refractivity contribution is 0.0682. The highest BCUT2D eigenvalue weighted by atomic mass is 16.2. The molecule has 88 valence electrons. The molecule has 1 aromatic rings. The fourth-order valence-corrected chi connectivity index (χ4v) is 2.21. The number of H-pyrrole nitrogens is 1. The Labute approximate surface area is 95.0 Å². The van der Waals surface area contributed by atoms with Crippen LogP contribution in [-0.4, -0.2) is 40.6 Å². The maximum absolute atomic E-state index is 12.0. The number of hydrogen-bond donors (Lipinski definition) is 2. The molecule has 0 saturated carbocycles. The fourth-order valence-electron chi connectivity index (χ4n) is 2.21. The van der Waals surface area contributed by atoms with Crippen molar-refractivity contribution in [2.24, 2.45) is 11.7 Å². The van der Waals surface area contributed by atoms with Gasteiger partial charge in [0.2, 0.25) is 0 Å². The predicted molar refractivity (Wildman–Crippen MR) is 60.9 cm³/mol. The molecule has 5 heteroatoms. The van der Waals surface area contributed by atoms with Crippen molar-refractivity contribution in [3.63, 3.8) is 0 Å². The second kappa shape index (κ2) is 5.12. The molecule has 3 N–H and O–H groups in total. The number of nitrogens with one attached hydrogen (secondary N) is 1. The summed E-state index contributed by atoms with van der Waals surface area (Å²) >= 11 is 0. The average molecular weight is 222 g/mol. The van der Waals surface area contributed by atoms with E-state index in [0.717, 1.165) is 38.9 Å². The van der Waals surface area contributed by atoms with Gasteiger partial charge in [0.1, 0.15) is 5.69 Å². The number of likely N-dealkylation sites (tertiary alicyclic amines) is 1. The standard InChI is InChI=1S/C11H18N4O/c12-5-1-9-3-7-15(8-4-9)11(16)10-2-6-13-14-10/h2,6,9H,1,3-5,7-8,12H2,(H,13,14). The molecule has 2 rings (SSSR count). The molecule has 1 aliphatic heterocycles. The van der Waals surface area contributed by atoms with Crippen LogP contribution in [0.15, 0.2) is 12.3 Å². The minimum Gasteiger partial charge on any atom is -0.337 e. The third kappa shape index (κ3) is 2.41. The third-order valence-electron chi connectivity index (χ3n) is 3.21. The second-order valence-electron chi connectivity index (χ2n) is 4.28. The topological polar surface area (TPSA) is 75.0 Å². The van der Waals surface area contributed by atoms with E-state index >= 15 is 0 Å². The lowest BCUT2D eigenvalue weighted by Gasteiger charge is -2.31. The van der Waals surface area contributed by atoms with E-state index in [4.69, 9.17) is 5.73 Å². The molecule has 0 unspecified atom stereocenters. The Balaban J connectivity index is 1.87. The summed E-state index contributed by atoms with van der Waals surface area (Å²) in [5.74, 6) is 0.750. The minimum atomic E-state index is 0.0590. The SMILES string of the molecule is NCCC1CCN(C(=O)c2ccn[nH]2)CC1. The molecule has 1 amide bonds. The van der Waals surface area contributed by atoms with Crippen LogP contribution >= 0.6 is 0 Å². The van der Waals surface area contributed by atoms with Crippen LogP contribution in [0.25, 0.3) is 0 Å². The third-order valence-corrected chi connectivity index (χ3v) is 3.21. The second-order valence-corrected chi connectivity index (χ2v) is 4.28. The molecule has 0 radical (unpaired) electrons. The molecule has 1 saturated heterocycles. The number of nitrogens with zero attached hydrogens (tertiary/aromatic N) is 2. The highest BCUT2D eigenvalue weighted by Crippen LogP contribution is 2.20. The molecule has 5 nitrogen and oxygen atoms in total. The van der Waals surface area contributed by atoms with E-state index in [1.54, 1.807) is 12.3 Å². The molecular formula is C11H18N4O. The van der Waals surface area contributed by atoms with Gasteiger partial charge in [-0.25, -0.2) is 0 Å². The van der Waals surface area contributed by atoms with Gasteiger partial charge in [-0.05, 0) is 37.8 Å². The lowest BCUT2D eigenvalue weighted by Crippen LogP contribution is -2.39. The van der Waals surface area contributed by atoms with Crippen LogP contribution in [0.1, 0.15) is 29.8 Å². The van der Waals surface area contributed by atoms with Gasteiger partial charge < -0.3 is 10.6 Å². The zero-order valence-corrected chi connectivity index (χ0v) is 9.35. The van der Waals surface area contributed by atoms with Crippen LogP contribution in [-0.2, 0) is 0 Å². The Morgan fingerprint density at radius 1 is 1.56 bits per heavy atom. The molecule has 16 heavy (non-hydrogen) atoms. The van der Waals surface area contributed by atoms with E-state index < -0.39 is 0 Å². The molecule has 1 fully saturated rings. The Hall–Kier alpha value is -1.36. The van der Waals surface area contributed by atoms with Crippen LogP contribution in [0.4, 0.5) is 0 Å². The van der Waals surface area contributed by atoms with Crippen molar-refractivity contribution >= 4 is 5.91 Å². The van der Waals surface area contributed by atoms with Crippen molar-refractivity contribution in [2.75, 3.05) is 19.6 Å². The monoisotopic (exact) mass is 222 g/mol. The van der Waals surface area contributed by atoms with Gasteiger partial charge in [-0.2, -0.15) is 5.10 Å². The van der Waals surface area contributed by atoms with Crippen molar-refractivity contribution < 1.29 is 4.79 Å². The molecule has 0 spiro atoms. The quantitative estimate of drug-likeness (QED) is 0.786. The van der Waals surface area contributed by atoms with Crippen molar-refractivity contribution in [3.05, 3.63) is 18.0 Å². The number of carbonyl (C=O) groups excluding carboxylic acids is 1. The minimum absolute atomic E-state index is 0.0590. The number of aromatic amines is 1. The summed E-state index contributed by atoms with van der Waals surface area (Å²) in [5.41, 5.74) is 6.12. The first-order valence-electron chi connectivity index (χ1n) is 5.80. The predicted octanol–water partition coefficient (Wildman–Crippen LogP) is 0.611. The summed E-state index contributed by atoms with van der Waals surface area (Å²) in [5, 5.41) is 6.50. The van der Waals surface area contributed by atoms with E-state index in [0.29, 0.717) is 11.6 Å². The van der Waals surface area contributed by atoms with Gasteiger partial charge in [-0.15, -0.1) is 0 Å². The fraction of sp³-hybridized carbons (Fsp3) is 0.636. The van der Waals surface area contributed by atoms with Gasteiger partial charge in [0, 0.05) is 19.3 Å². The summed E-state index contributed by atoms with van der Waals surface area (Å²) in [4.78, 5) is 13.8. The molecule has 2 heterocycles. The molecule has 0 aliphatic carbocycles. The maximum atomic E-state index is 12.0. The highest BCUT2D eigenvalue weighted by molar-refractivity contribution is 5.92. The van der Waals surface area contributed by atoms with Gasteiger partial charge in [0.05, 0.1) is 0 Å². The first-order chi connectivity index (χ1) is 7.81. The number of amides is 1. The van der Waals surface area contributed by atoms with Gasteiger partial charge in [0.25, 0.3) is 5.91 Å². The van der Waals surface area contributed by atoms with Crippen molar-refractivity contribution in [2.45, 2.75) is 19.3 Å². The smallest absolute Gasteiger partial charge is 0.271 e. The number of nitrogens with two attached hydrogens (primary N) is 1. The summed E-state index contributed by atoms with van der Waals surface area (Å²) in [7, 11) is 0. The van der Waals surface area contributed by atoms with Crippen molar-refractivity contribution in [1.82, 2.24) is 15.1 Å². The Morgan fingerprint density at radius 3 is 2.88 bits per heavy atom. The molecule has 1 aliphatic rings. The first-order valence-corrected chi connectivity index (χ1v) is 5.80. The summed E-state index contributed by atoms with van der Waals surface area (Å²) < 4.78 is 0. The van der Waals surface area contributed by atoms with E-state index in [-0.39, 0.29) is 5.91 Å². The van der Waals surface area contributed by atoms with Crippen molar-refractivity contribution in [3.8, 4) is 0 Å². The normalized spacial score (nSPS) is 17.7. The highest BCUT2D eigenvalue weighted by Gasteiger charge is 2.23. The first kappa shape index (κ1) is 11.1. The van der Waals surface area contributed by atoms with Crippen LogP contribution in [0.3, 0.4) is 0 Å². The zero-order valence-electron chi connectivity index (χ0n) is 9.35. The largest absolute Gasteiger partial charge is 0.337 e. The average Bonchev–Trinajstić information content (AvgIpc) is 2.83.